The van der Waals surface area contributed by atoms with E-state index >= 15 is 0 Å². The minimum Gasteiger partial charge on any atom is -0.493 e. The molecule has 6 heteroatoms. The van der Waals surface area contributed by atoms with E-state index in [0.717, 1.165) is 44.0 Å². The van der Waals surface area contributed by atoms with Crippen LogP contribution in [0.3, 0.4) is 0 Å². The van der Waals surface area contributed by atoms with Crippen LogP contribution in [-0.2, 0) is 13.0 Å². The first-order valence-electron chi connectivity index (χ1n) is 10.7. The molecule has 0 aromatic heterocycles. The van der Waals surface area contributed by atoms with Crippen molar-refractivity contribution >= 4 is 17.3 Å². The van der Waals surface area contributed by atoms with Crippen molar-refractivity contribution in [2.45, 2.75) is 45.3 Å². The van der Waals surface area contributed by atoms with E-state index in [-0.39, 0.29) is 12.1 Å². The van der Waals surface area contributed by atoms with Gasteiger partial charge in [0.05, 0.1) is 20.3 Å². The lowest BCUT2D eigenvalue weighted by Crippen LogP contribution is -2.50. The molecule has 3 rings (SSSR count). The fourth-order valence-corrected chi connectivity index (χ4v) is 4.57. The molecule has 2 aromatic carbocycles. The first kappa shape index (κ1) is 22.4. The Kier molecular flexibility index (Phi) is 7.94. The average Bonchev–Trinajstić information content (AvgIpc) is 2.77. The van der Waals surface area contributed by atoms with Gasteiger partial charge in [-0.25, -0.2) is 0 Å². The summed E-state index contributed by atoms with van der Waals surface area (Å²) in [4.78, 5) is 2.55. The van der Waals surface area contributed by atoms with E-state index in [1.165, 1.54) is 16.7 Å². The molecule has 0 saturated heterocycles. The molecule has 1 aliphatic rings. The Hall–Kier alpha value is -2.31. The molecule has 0 bridgehead atoms. The normalized spacial score (nSPS) is 17.0. The molecule has 1 heterocycles. The lowest BCUT2D eigenvalue weighted by atomic mass is 9.86. The fourth-order valence-electron chi connectivity index (χ4n) is 4.28. The van der Waals surface area contributed by atoms with Crippen LogP contribution in [0.4, 0.5) is 0 Å². The van der Waals surface area contributed by atoms with Crippen molar-refractivity contribution in [1.29, 1.82) is 0 Å². The van der Waals surface area contributed by atoms with Gasteiger partial charge in [0.1, 0.15) is 0 Å². The van der Waals surface area contributed by atoms with Gasteiger partial charge in [0.2, 0.25) is 0 Å². The third-order valence-electron chi connectivity index (χ3n) is 5.73. The van der Waals surface area contributed by atoms with E-state index in [4.69, 9.17) is 21.7 Å². The number of benzene rings is 2. The van der Waals surface area contributed by atoms with Gasteiger partial charge in [-0.1, -0.05) is 37.3 Å². The van der Waals surface area contributed by atoms with Crippen LogP contribution in [0.5, 0.6) is 11.5 Å². The van der Waals surface area contributed by atoms with Gasteiger partial charge >= 0.3 is 0 Å². The molecule has 2 N–H and O–H groups in total. The monoisotopic (exact) mass is 427 g/mol. The summed E-state index contributed by atoms with van der Waals surface area (Å²) in [6, 6.07) is 15.3. The van der Waals surface area contributed by atoms with Crippen molar-refractivity contribution in [3.8, 4) is 11.5 Å². The number of thiocarbonyl (C=S) groups is 1. The molecule has 0 spiro atoms. The van der Waals surface area contributed by atoms with Crippen molar-refractivity contribution in [2.75, 3.05) is 27.3 Å². The quantitative estimate of drug-likeness (QED) is 0.620. The number of ether oxygens (including phenoxy) is 2. The SMILES string of the molecule is CCNC(=S)NC(CC)C1c2cc(OC)c(OC)cc2CCN1Cc1ccccc1. The molecule has 0 amide bonds. The van der Waals surface area contributed by atoms with Crippen molar-refractivity contribution in [3.63, 3.8) is 0 Å². The van der Waals surface area contributed by atoms with Gasteiger partial charge < -0.3 is 20.1 Å². The standard InChI is InChI=1S/C24H33N3O2S/c1-5-20(26-24(30)25-6-2)23-19-15-22(29-4)21(28-3)14-18(19)12-13-27(23)16-17-10-8-7-9-11-17/h7-11,14-15,20,23H,5-6,12-13,16H2,1-4H3,(H2,25,26,30). The van der Waals surface area contributed by atoms with Gasteiger partial charge in [-0.3, -0.25) is 4.90 Å². The number of hydrogen-bond acceptors (Lipinski definition) is 4. The zero-order valence-electron chi connectivity index (χ0n) is 18.4. The minimum absolute atomic E-state index is 0.176. The topological polar surface area (TPSA) is 45.8 Å². The number of nitrogens with one attached hydrogen (secondary N) is 2. The Balaban J connectivity index is 2.00. The second-order valence-corrected chi connectivity index (χ2v) is 7.98. The zero-order chi connectivity index (χ0) is 21.5. The fraction of sp³-hybridized carbons (Fsp3) is 0.458. The molecule has 2 atom stereocenters. The molecule has 2 aromatic rings. The second-order valence-electron chi connectivity index (χ2n) is 7.58. The molecule has 162 valence electrons. The van der Waals surface area contributed by atoms with E-state index in [1.807, 2.05) is 0 Å². The van der Waals surface area contributed by atoms with Gasteiger partial charge in [0, 0.05) is 25.7 Å². The summed E-state index contributed by atoms with van der Waals surface area (Å²) in [7, 11) is 3.39. The molecule has 5 nitrogen and oxygen atoms in total. The molecule has 0 saturated carbocycles. The number of fused-ring (bicyclic) bond motifs is 1. The van der Waals surface area contributed by atoms with Crippen LogP contribution in [0.1, 0.15) is 43.0 Å². The number of hydrogen-bond donors (Lipinski definition) is 2. The van der Waals surface area contributed by atoms with Crippen LogP contribution in [0.15, 0.2) is 42.5 Å². The number of methoxy groups -OCH3 is 2. The maximum Gasteiger partial charge on any atom is 0.166 e. The van der Waals surface area contributed by atoms with Crippen molar-refractivity contribution < 1.29 is 9.47 Å². The molecule has 1 aliphatic heterocycles. The van der Waals surface area contributed by atoms with Crippen LogP contribution in [0, 0.1) is 0 Å². The molecule has 0 fully saturated rings. The largest absolute Gasteiger partial charge is 0.493 e. The molecule has 0 aliphatic carbocycles. The highest BCUT2D eigenvalue weighted by molar-refractivity contribution is 7.80. The molecule has 0 radical (unpaired) electrons. The van der Waals surface area contributed by atoms with E-state index in [2.05, 4.69) is 71.8 Å². The molecular formula is C24H33N3O2S. The lowest BCUT2D eigenvalue weighted by molar-refractivity contribution is 0.141. The summed E-state index contributed by atoms with van der Waals surface area (Å²) in [6.07, 6.45) is 1.93. The average molecular weight is 428 g/mol. The molecule has 2 unspecified atom stereocenters. The highest BCUT2D eigenvalue weighted by atomic mass is 32.1. The Morgan fingerprint density at radius 1 is 1.13 bits per heavy atom. The van der Waals surface area contributed by atoms with Crippen LogP contribution in [0.25, 0.3) is 0 Å². The van der Waals surface area contributed by atoms with Gasteiger partial charge in [0.15, 0.2) is 16.6 Å². The van der Waals surface area contributed by atoms with Crippen LogP contribution < -0.4 is 20.1 Å². The predicted molar refractivity (Wildman–Crippen MR) is 126 cm³/mol. The minimum atomic E-state index is 0.176. The Labute approximate surface area is 185 Å². The second kappa shape index (κ2) is 10.6. The maximum absolute atomic E-state index is 5.64. The summed E-state index contributed by atoms with van der Waals surface area (Å²) in [6.45, 7) is 6.95. The Morgan fingerprint density at radius 3 is 2.47 bits per heavy atom. The summed E-state index contributed by atoms with van der Waals surface area (Å²) in [5, 5.41) is 7.51. The van der Waals surface area contributed by atoms with Crippen molar-refractivity contribution in [1.82, 2.24) is 15.5 Å². The van der Waals surface area contributed by atoms with Gasteiger partial charge in [0.25, 0.3) is 0 Å². The van der Waals surface area contributed by atoms with Crippen LogP contribution in [0.2, 0.25) is 0 Å². The summed E-state index contributed by atoms with van der Waals surface area (Å²) >= 11 is 5.53. The van der Waals surface area contributed by atoms with Gasteiger partial charge in [-0.05, 0) is 60.8 Å². The number of rotatable bonds is 8. The lowest BCUT2D eigenvalue weighted by Gasteiger charge is -2.42. The van der Waals surface area contributed by atoms with Crippen molar-refractivity contribution in [3.05, 3.63) is 59.2 Å². The first-order valence-corrected chi connectivity index (χ1v) is 11.1. The Morgan fingerprint density at radius 2 is 1.83 bits per heavy atom. The predicted octanol–water partition coefficient (Wildman–Crippen LogP) is 4.07. The summed E-state index contributed by atoms with van der Waals surface area (Å²) in [5.74, 6) is 1.56. The molecular weight excluding hydrogens is 394 g/mol. The van der Waals surface area contributed by atoms with E-state index < -0.39 is 0 Å². The summed E-state index contributed by atoms with van der Waals surface area (Å²) in [5.41, 5.74) is 3.92. The van der Waals surface area contributed by atoms with E-state index in [0.29, 0.717) is 5.11 Å². The van der Waals surface area contributed by atoms with Crippen LogP contribution >= 0.6 is 12.2 Å². The third-order valence-corrected chi connectivity index (χ3v) is 5.99. The van der Waals surface area contributed by atoms with Crippen LogP contribution in [-0.4, -0.2) is 43.4 Å². The third kappa shape index (κ3) is 5.05. The highest BCUT2D eigenvalue weighted by Gasteiger charge is 2.34. The smallest absolute Gasteiger partial charge is 0.166 e. The molecule has 30 heavy (non-hydrogen) atoms. The van der Waals surface area contributed by atoms with Gasteiger partial charge in [-0.15, -0.1) is 0 Å². The van der Waals surface area contributed by atoms with E-state index in [9.17, 15) is 0 Å². The highest BCUT2D eigenvalue weighted by Crippen LogP contribution is 2.40. The Bertz CT molecular complexity index is 844. The van der Waals surface area contributed by atoms with E-state index in [1.54, 1.807) is 14.2 Å². The maximum atomic E-state index is 5.64. The zero-order valence-corrected chi connectivity index (χ0v) is 19.2. The summed E-state index contributed by atoms with van der Waals surface area (Å²) < 4.78 is 11.2. The number of nitrogens with zero attached hydrogens (tertiary/aromatic N) is 1. The first-order chi connectivity index (χ1) is 14.6. The van der Waals surface area contributed by atoms with Crippen molar-refractivity contribution in [2.24, 2.45) is 0 Å². The van der Waals surface area contributed by atoms with Gasteiger partial charge in [-0.2, -0.15) is 0 Å².